The summed E-state index contributed by atoms with van der Waals surface area (Å²) in [5.74, 6) is 0. The van der Waals surface area contributed by atoms with Crippen LogP contribution in [-0.4, -0.2) is 26.5 Å². The van der Waals surface area contributed by atoms with Crippen LogP contribution in [0.3, 0.4) is 0 Å². The van der Waals surface area contributed by atoms with Gasteiger partial charge in [0, 0.05) is 5.39 Å². The van der Waals surface area contributed by atoms with E-state index in [9.17, 15) is 13.2 Å². The molecule has 0 spiro atoms. The molecule has 0 saturated heterocycles. The van der Waals surface area contributed by atoms with Crippen LogP contribution in [0.2, 0.25) is 0 Å². The third kappa shape index (κ3) is 3.29. The van der Waals surface area contributed by atoms with E-state index < -0.39 is 16.3 Å². The van der Waals surface area contributed by atoms with Crippen molar-refractivity contribution in [2.75, 3.05) is 0 Å². The molecule has 0 bridgehead atoms. The molecule has 6 nitrogen and oxygen atoms in total. The first-order valence-electron chi connectivity index (χ1n) is 4.95. The van der Waals surface area contributed by atoms with Gasteiger partial charge in [0.05, 0.1) is 0 Å². The van der Waals surface area contributed by atoms with Crippen LogP contribution in [0.1, 0.15) is 0 Å². The van der Waals surface area contributed by atoms with E-state index in [0.29, 0.717) is 10.8 Å². The van der Waals surface area contributed by atoms with Gasteiger partial charge in [0.1, 0.15) is 11.7 Å². The summed E-state index contributed by atoms with van der Waals surface area (Å²) in [5, 5.41) is 9.51. The predicted octanol–water partition coefficient (Wildman–Crippen LogP) is 2.04. The monoisotopic (exact) mass is 282 g/mol. The van der Waals surface area contributed by atoms with Crippen molar-refractivity contribution in [2.45, 2.75) is 4.90 Å². The molecule has 2 aromatic rings. The SMILES string of the molecule is C=O.O=C(O)OS(=O)(=O)c1cccc2ccccc12. The molecule has 0 saturated carbocycles. The smallest absolute Gasteiger partial charge is 0.449 e. The molecule has 0 aromatic heterocycles. The molecule has 100 valence electrons. The molecule has 19 heavy (non-hydrogen) atoms. The lowest BCUT2D eigenvalue weighted by atomic mass is 10.1. The van der Waals surface area contributed by atoms with Crippen molar-refractivity contribution in [1.29, 1.82) is 0 Å². The summed E-state index contributed by atoms with van der Waals surface area (Å²) in [5.41, 5.74) is 0. The summed E-state index contributed by atoms with van der Waals surface area (Å²) in [6, 6.07) is 11.3. The van der Waals surface area contributed by atoms with Crippen LogP contribution in [0.5, 0.6) is 0 Å². The van der Waals surface area contributed by atoms with Gasteiger partial charge >= 0.3 is 16.3 Å². The van der Waals surface area contributed by atoms with Gasteiger partial charge in [-0.2, -0.15) is 8.42 Å². The molecule has 0 unspecified atom stereocenters. The molecule has 1 N–H and O–H groups in total. The Morgan fingerprint density at radius 3 is 2.26 bits per heavy atom. The standard InChI is InChI=1S/C11H8O5S.CH2O/c12-11(13)16-17(14,15)10-7-3-5-8-4-1-2-6-9(8)10;1-2/h1-7H,(H,12,13);1H2. The van der Waals surface area contributed by atoms with Gasteiger partial charge in [-0.1, -0.05) is 36.4 Å². The molecule has 2 rings (SSSR count). The van der Waals surface area contributed by atoms with E-state index in [1.54, 1.807) is 30.3 Å². The Balaban J connectivity index is 0.000000861. The Bertz CT molecular complexity index is 687. The van der Waals surface area contributed by atoms with E-state index in [1.807, 2.05) is 6.79 Å². The zero-order chi connectivity index (χ0) is 14.5. The Hall–Kier alpha value is -2.41. The summed E-state index contributed by atoms with van der Waals surface area (Å²) in [6.07, 6.45) is -1.85. The van der Waals surface area contributed by atoms with E-state index >= 15 is 0 Å². The summed E-state index contributed by atoms with van der Waals surface area (Å²) in [4.78, 5) is 18.2. The molecule has 7 heteroatoms. The fraction of sp³-hybridized carbons (Fsp3) is 0. The fourth-order valence-electron chi connectivity index (χ4n) is 1.55. The minimum Gasteiger partial charge on any atom is -0.449 e. The van der Waals surface area contributed by atoms with E-state index in [1.165, 1.54) is 12.1 Å². The number of carboxylic acid groups (broad SMARTS) is 1. The molecule has 0 aliphatic carbocycles. The topological polar surface area (TPSA) is 97.7 Å². The molecule has 2 aromatic carbocycles. The average molecular weight is 282 g/mol. The second-order valence-corrected chi connectivity index (χ2v) is 4.80. The van der Waals surface area contributed by atoms with Crippen LogP contribution in [0.15, 0.2) is 47.4 Å². The molecule has 0 heterocycles. The van der Waals surface area contributed by atoms with Crippen LogP contribution in [0.25, 0.3) is 10.8 Å². The Morgan fingerprint density at radius 1 is 1.05 bits per heavy atom. The molecule has 0 amide bonds. The van der Waals surface area contributed by atoms with Crippen LogP contribution < -0.4 is 0 Å². The van der Waals surface area contributed by atoms with Crippen molar-refractivity contribution in [3.63, 3.8) is 0 Å². The quantitative estimate of drug-likeness (QED) is 0.846. The van der Waals surface area contributed by atoms with Crippen LogP contribution in [0, 0.1) is 0 Å². The minimum absolute atomic E-state index is 0.155. The number of hydrogen-bond donors (Lipinski definition) is 1. The maximum absolute atomic E-state index is 11.7. The van der Waals surface area contributed by atoms with Crippen LogP contribution in [-0.2, 0) is 19.1 Å². The van der Waals surface area contributed by atoms with E-state index in [-0.39, 0.29) is 4.90 Å². The Morgan fingerprint density at radius 2 is 1.63 bits per heavy atom. The molecule has 0 radical (unpaired) electrons. The van der Waals surface area contributed by atoms with Crippen LogP contribution in [0.4, 0.5) is 4.79 Å². The summed E-state index contributed by atoms with van der Waals surface area (Å²) in [7, 11) is -4.29. The molecular weight excluding hydrogens is 272 g/mol. The molecule has 0 atom stereocenters. The summed E-state index contributed by atoms with van der Waals surface area (Å²) in [6.45, 7) is 2.00. The van der Waals surface area contributed by atoms with Gasteiger partial charge < -0.3 is 14.1 Å². The van der Waals surface area contributed by atoms with Gasteiger partial charge in [-0.15, -0.1) is 0 Å². The third-order valence-corrected chi connectivity index (χ3v) is 3.46. The number of carbonyl (C=O) groups is 2. The Kier molecular flexibility index (Phi) is 4.60. The van der Waals surface area contributed by atoms with Crippen molar-refractivity contribution >= 4 is 33.8 Å². The zero-order valence-electron chi connectivity index (χ0n) is 9.65. The van der Waals surface area contributed by atoms with Crippen molar-refractivity contribution in [3.05, 3.63) is 42.5 Å². The molecule has 0 aliphatic heterocycles. The van der Waals surface area contributed by atoms with Gasteiger partial charge in [0.25, 0.3) is 0 Å². The second kappa shape index (κ2) is 5.96. The lowest BCUT2D eigenvalue weighted by Gasteiger charge is -2.05. The van der Waals surface area contributed by atoms with Crippen molar-refractivity contribution < 1.29 is 27.3 Å². The number of fused-ring (bicyclic) bond motifs is 1. The number of rotatable bonds is 2. The second-order valence-electron chi connectivity index (χ2n) is 3.28. The largest absolute Gasteiger partial charge is 0.522 e. The van der Waals surface area contributed by atoms with Crippen molar-refractivity contribution in [1.82, 2.24) is 0 Å². The molecule has 0 fully saturated rings. The first kappa shape index (κ1) is 14.7. The maximum Gasteiger partial charge on any atom is 0.522 e. The zero-order valence-corrected chi connectivity index (χ0v) is 10.5. The van der Waals surface area contributed by atoms with Crippen molar-refractivity contribution in [2.24, 2.45) is 0 Å². The molecular formula is C12H10O6S. The number of carbonyl (C=O) groups excluding carboxylic acids is 1. The Labute approximate surface area is 109 Å². The average Bonchev–Trinajstić information content (AvgIpc) is 2.39. The van der Waals surface area contributed by atoms with Gasteiger partial charge in [0.15, 0.2) is 0 Å². The van der Waals surface area contributed by atoms with Crippen molar-refractivity contribution in [3.8, 4) is 0 Å². The first-order valence-corrected chi connectivity index (χ1v) is 6.35. The first-order chi connectivity index (χ1) is 9.00. The predicted molar refractivity (Wildman–Crippen MR) is 67.4 cm³/mol. The highest BCUT2D eigenvalue weighted by molar-refractivity contribution is 7.87. The van der Waals surface area contributed by atoms with Gasteiger partial charge in [-0.05, 0) is 11.5 Å². The van der Waals surface area contributed by atoms with E-state index in [2.05, 4.69) is 4.18 Å². The summed E-state index contributed by atoms with van der Waals surface area (Å²) >= 11 is 0. The van der Waals surface area contributed by atoms with Gasteiger partial charge in [-0.3, -0.25) is 0 Å². The minimum atomic E-state index is -4.29. The van der Waals surface area contributed by atoms with Gasteiger partial charge in [-0.25, -0.2) is 4.79 Å². The molecule has 0 aliphatic rings. The summed E-state index contributed by atoms with van der Waals surface area (Å²) < 4.78 is 27.2. The lowest BCUT2D eigenvalue weighted by molar-refractivity contribution is -0.0980. The van der Waals surface area contributed by atoms with E-state index in [4.69, 9.17) is 9.90 Å². The highest BCUT2D eigenvalue weighted by Crippen LogP contribution is 2.24. The highest BCUT2D eigenvalue weighted by Gasteiger charge is 2.21. The third-order valence-electron chi connectivity index (χ3n) is 2.20. The lowest BCUT2D eigenvalue weighted by Crippen LogP contribution is -2.11. The van der Waals surface area contributed by atoms with Gasteiger partial charge in [0.2, 0.25) is 0 Å². The number of benzene rings is 2. The van der Waals surface area contributed by atoms with E-state index in [0.717, 1.165) is 0 Å². The number of hydrogen-bond acceptors (Lipinski definition) is 5. The highest BCUT2D eigenvalue weighted by atomic mass is 32.2. The maximum atomic E-state index is 11.7. The van der Waals surface area contributed by atoms with Crippen LogP contribution >= 0.6 is 0 Å². The normalized spacial score (nSPS) is 10.3. The fourth-order valence-corrected chi connectivity index (χ4v) is 2.53.